The molecule has 0 unspecified atom stereocenters. The van der Waals surface area contributed by atoms with E-state index in [4.69, 9.17) is 9.47 Å². The molecule has 1 N–H and O–H groups in total. The van der Waals surface area contributed by atoms with Gasteiger partial charge in [0.2, 0.25) is 10.0 Å². The Balaban J connectivity index is 2.37. The minimum absolute atomic E-state index is 0.185. The Labute approximate surface area is 107 Å². The molecular weight excluding hydrogens is 312 g/mol. The topological polar surface area (TPSA) is 77.5 Å². The van der Waals surface area contributed by atoms with Crippen LogP contribution in [-0.4, -0.2) is 19.7 Å². The van der Waals surface area contributed by atoms with Gasteiger partial charge in [0.05, 0.1) is 11.8 Å². The third-order valence-electron chi connectivity index (χ3n) is 1.88. The fraction of sp³-hybridized carbons (Fsp3) is 0.222. The van der Waals surface area contributed by atoms with Crippen molar-refractivity contribution in [3.8, 4) is 0 Å². The molecule has 8 heteroatoms. The molecule has 0 fully saturated rings. The van der Waals surface area contributed by atoms with Gasteiger partial charge in [-0.2, -0.15) is 0 Å². The molecule has 0 saturated heterocycles. The summed E-state index contributed by atoms with van der Waals surface area (Å²) in [7, 11) is -3.40. The van der Waals surface area contributed by atoms with Crippen molar-refractivity contribution in [1.29, 1.82) is 0 Å². The third-order valence-corrected chi connectivity index (χ3v) is 2.88. The molecule has 6 nitrogen and oxygen atoms in total. The van der Waals surface area contributed by atoms with Gasteiger partial charge in [-0.15, -0.1) is 0 Å². The van der Waals surface area contributed by atoms with E-state index in [9.17, 15) is 8.42 Å². The van der Waals surface area contributed by atoms with E-state index in [1.54, 1.807) is 6.07 Å². The van der Waals surface area contributed by atoms with Crippen LogP contribution in [0.1, 0.15) is 11.9 Å². The second-order valence-electron chi connectivity index (χ2n) is 3.34. The fourth-order valence-electron chi connectivity index (χ4n) is 1.28. The Morgan fingerprint density at radius 1 is 1.41 bits per heavy atom. The monoisotopic (exact) mass is 320 g/mol. The molecule has 0 bridgehead atoms. The number of hydrogen-bond donors (Lipinski definition) is 1. The lowest BCUT2D eigenvalue weighted by atomic mass is 10.2. The molecule has 2 heterocycles. The standard InChI is InChI=1S/C9H9BrN2O4S/c1-17(13,14)12-8-7(4-6(10)5-11-8)9-15-2-3-16-9/h2-5,9H,1H3,(H,11,12). The van der Waals surface area contributed by atoms with Crippen molar-refractivity contribution in [2.75, 3.05) is 11.0 Å². The molecule has 0 aliphatic carbocycles. The Morgan fingerprint density at radius 3 is 2.65 bits per heavy atom. The predicted molar refractivity (Wildman–Crippen MR) is 64.5 cm³/mol. The fourth-order valence-corrected chi connectivity index (χ4v) is 2.15. The average molecular weight is 321 g/mol. The van der Waals surface area contributed by atoms with Crippen molar-refractivity contribution in [2.24, 2.45) is 0 Å². The number of sulfonamides is 1. The van der Waals surface area contributed by atoms with Gasteiger partial charge < -0.3 is 9.47 Å². The number of ether oxygens (including phenoxy) is 2. The number of pyridine rings is 1. The normalized spacial score (nSPS) is 15.4. The van der Waals surface area contributed by atoms with Crippen LogP contribution >= 0.6 is 15.9 Å². The van der Waals surface area contributed by atoms with E-state index in [-0.39, 0.29) is 5.82 Å². The van der Waals surface area contributed by atoms with E-state index in [1.807, 2.05) is 0 Å². The van der Waals surface area contributed by atoms with Gasteiger partial charge in [-0.1, -0.05) is 0 Å². The van der Waals surface area contributed by atoms with Crippen LogP contribution in [0.2, 0.25) is 0 Å². The summed E-state index contributed by atoms with van der Waals surface area (Å²) < 4.78 is 35.7. The molecule has 1 aliphatic rings. The summed E-state index contributed by atoms with van der Waals surface area (Å²) in [6.45, 7) is 0. The second kappa shape index (κ2) is 4.53. The highest BCUT2D eigenvalue weighted by molar-refractivity contribution is 9.10. The smallest absolute Gasteiger partial charge is 0.269 e. The van der Waals surface area contributed by atoms with Crippen LogP contribution in [0.3, 0.4) is 0 Å². The molecule has 1 aromatic heterocycles. The van der Waals surface area contributed by atoms with Gasteiger partial charge in [-0.25, -0.2) is 13.4 Å². The molecule has 0 spiro atoms. The van der Waals surface area contributed by atoms with Crippen LogP contribution < -0.4 is 4.72 Å². The van der Waals surface area contributed by atoms with Gasteiger partial charge in [0.1, 0.15) is 18.3 Å². The second-order valence-corrected chi connectivity index (χ2v) is 6.01. The van der Waals surface area contributed by atoms with Crippen molar-refractivity contribution in [3.63, 3.8) is 0 Å². The van der Waals surface area contributed by atoms with Crippen LogP contribution in [0.15, 0.2) is 29.3 Å². The van der Waals surface area contributed by atoms with E-state index in [0.717, 1.165) is 6.26 Å². The van der Waals surface area contributed by atoms with Gasteiger partial charge in [0.25, 0.3) is 6.29 Å². The molecule has 92 valence electrons. The van der Waals surface area contributed by atoms with Crippen molar-refractivity contribution < 1.29 is 17.9 Å². The maximum Gasteiger partial charge on any atom is 0.269 e. The van der Waals surface area contributed by atoms with E-state index in [0.29, 0.717) is 10.0 Å². The van der Waals surface area contributed by atoms with Gasteiger partial charge in [0, 0.05) is 10.7 Å². The van der Waals surface area contributed by atoms with Crippen molar-refractivity contribution in [3.05, 3.63) is 34.8 Å². The highest BCUT2D eigenvalue weighted by Crippen LogP contribution is 2.31. The number of rotatable bonds is 3. The summed E-state index contributed by atoms with van der Waals surface area (Å²) in [4.78, 5) is 3.98. The molecule has 0 saturated carbocycles. The molecular formula is C9H9BrN2O4S. The molecule has 1 aromatic rings. The first-order chi connectivity index (χ1) is 7.96. The molecule has 2 rings (SSSR count). The molecule has 0 atom stereocenters. The Kier molecular flexibility index (Phi) is 3.25. The maximum atomic E-state index is 11.2. The van der Waals surface area contributed by atoms with Crippen LogP contribution in [0.25, 0.3) is 0 Å². The highest BCUT2D eigenvalue weighted by atomic mass is 79.9. The third kappa shape index (κ3) is 3.10. The lowest BCUT2D eigenvalue weighted by Crippen LogP contribution is -2.14. The summed E-state index contributed by atoms with van der Waals surface area (Å²) in [6.07, 6.45) is 4.62. The number of hydrogen-bond acceptors (Lipinski definition) is 5. The zero-order chi connectivity index (χ0) is 12.5. The molecule has 0 radical (unpaired) electrons. The molecule has 17 heavy (non-hydrogen) atoms. The molecule has 1 aliphatic heterocycles. The van der Waals surface area contributed by atoms with Crippen molar-refractivity contribution in [1.82, 2.24) is 4.98 Å². The number of anilines is 1. The minimum atomic E-state index is -3.40. The lowest BCUT2D eigenvalue weighted by molar-refractivity contribution is -0.0242. The van der Waals surface area contributed by atoms with Gasteiger partial charge in [-0.05, 0) is 22.0 Å². The van der Waals surface area contributed by atoms with Gasteiger partial charge in [-0.3, -0.25) is 4.72 Å². The predicted octanol–water partition coefficient (Wildman–Crippen LogP) is 1.73. The summed E-state index contributed by atoms with van der Waals surface area (Å²) >= 11 is 3.25. The zero-order valence-electron chi connectivity index (χ0n) is 8.75. The first kappa shape index (κ1) is 12.2. The minimum Gasteiger partial charge on any atom is -0.455 e. The zero-order valence-corrected chi connectivity index (χ0v) is 11.2. The van der Waals surface area contributed by atoms with Crippen molar-refractivity contribution in [2.45, 2.75) is 6.29 Å². The molecule has 0 amide bonds. The highest BCUT2D eigenvalue weighted by Gasteiger charge is 2.22. The summed E-state index contributed by atoms with van der Waals surface area (Å²) in [6, 6.07) is 1.68. The van der Waals surface area contributed by atoms with Crippen LogP contribution in [-0.2, 0) is 19.5 Å². The Hall–Kier alpha value is -1.28. The van der Waals surface area contributed by atoms with Crippen LogP contribution in [0, 0.1) is 0 Å². The number of halogens is 1. The first-order valence-electron chi connectivity index (χ1n) is 4.55. The average Bonchev–Trinajstić information content (AvgIpc) is 2.71. The van der Waals surface area contributed by atoms with Gasteiger partial charge >= 0.3 is 0 Å². The van der Waals surface area contributed by atoms with Crippen LogP contribution in [0.4, 0.5) is 5.82 Å². The van der Waals surface area contributed by atoms with E-state index >= 15 is 0 Å². The Morgan fingerprint density at radius 2 is 2.06 bits per heavy atom. The Bertz CT molecular complexity index is 550. The largest absolute Gasteiger partial charge is 0.455 e. The van der Waals surface area contributed by atoms with Crippen LogP contribution in [0.5, 0.6) is 0 Å². The number of nitrogens with one attached hydrogen (secondary N) is 1. The summed E-state index contributed by atoms with van der Waals surface area (Å²) in [5.41, 5.74) is 0.495. The SMILES string of the molecule is CS(=O)(=O)Nc1ncc(Br)cc1C1OC=CO1. The first-order valence-corrected chi connectivity index (χ1v) is 7.23. The quantitative estimate of drug-likeness (QED) is 0.917. The maximum absolute atomic E-state index is 11.2. The lowest BCUT2D eigenvalue weighted by Gasteiger charge is -2.14. The van der Waals surface area contributed by atoms with Crippen molar-refractivity contribution >= 4 is 31.8 Å². The molecule has 0 aromatic carbocycles. The summed E-state index contributed by atoms with van der Waals surface area (Å²) in [5.74, 6) is 0.185. The number of aromatic nitrogens is 1. The van der Waals surface area contributed by atoms with E-state index < -0.39 is 16.3 Å². The number of nitrogens with zero attached hydrogens (tertiary/aromatic N) is 1. The van der Waals surface area contributed by atoms with E-state index in [1.165, 1.54) is 18.7 Å². The summed E-state index contributed by atoms with van der Waals surface area (Å²) in [5, 5.41) is 0. The van der Waals surface area contributed by atoms with E-state index in [2.05, 4.69) is 25.6 Å². The van der Waals surface area contributed by atoms with Gasteiger partial charge in [0.15, 0.2) is 0 Å².